The molecule has 6 heteroatoms. The van der Waals surface area contributed by atoms with Gasteiger partial charge < -0.3 is 14.6 Å². The van der Waals surface area contributed by atoms with E-state index in [-0.39, 0.29) is 5.91 Å². The highest BCUT2D eigenvalue weighted by Crippen LogP contribution is 2.28. The average Bonchev–Trinajstić information content (AvgIpc) is 3.14. The van der Waals surface area contributed by atoms with E-state index in [9.17, 15) is 9.90 Å². The fraction of sp³-hybridized carbons (Fsp3) is 0.500. The lowest BCUT2D eigenvalue weighted by molar-refractivity contribution is -0.141. The number of imidazole rings is 1. The summed E-state index contributed by atoms with van der Waals surface area (Å²) in [4.78, 5) is 18.8. The van der Waals surface area contributed by atoms with Crippen LogP contribution in [0.25, 0.3) is 0 Å². The number of carbonyl (C=O) groups is 1. The number of hydrogen-bond donors (Lipinski definition) is 1. The Bertz CT molecular complexity index is 696. The number of carbonyl (C=O) groups excluding carboxylic acids is 1. The van der Waals surface area contributed by atoms with Crippen molar-refractivity contribution in [3.05, 3.63) is 54.1 Å². The first-order valence-corrected chi connectivity index (χ1v) is 10.6. The molecule has 1 aliphatic rings. The SMILES string of the molecule is CSCC[C@@H](O)C(=O)N1CCC(c2nccn2Cc2ccccc2)CC1. The number of aromatic nitrogens is 2. The molecule has 0 bridgehead atoms. The predicted molar refractivity (Wildman–Crippen MR) is 105 cm³/mol. The molecule has 2 heterocycles. The number of nitrogens with zero attached hydrogens (tertiary/aromatic N) is 3. The van der Waals surface area contributed by atoms with Crippen molar-refractivity contribution in [2.24, 2.45) is 0 Å². The van der Waals surface area contributed by atoms with Gasteiger partial charge in [0.05, 0.1) is 0 Å². The molecule has 0 saturated carbocycles. The Morgan fingerprint density at radius 2 is 2.04 bits per heavy atom. The van der Waals surface area contributed by atoms with Crippen LogP contribution in [0.1, 0.15) is 36.6 Å². The third kappa shape index (κ3) is 4.68. The topological polar surface area (TPSA) is 58.4 Å². The van der Waals surface area contributed by atoms with Gasteiger partial charge in [-0.2, -0.15) is 11.8 Å². The van der Waals surface area contributed by atoms with E-state index >= 15 is 0 Å². The largest absolute Gasteiger partial charge is 0.383 e. The number of piperidine rings is 1. The van der Waals surface area contributed by atoms with Gasteiger partial charge in [0, 0.05) is 37.9 Å². The van der Waals surface area contributed by atoms with Crippen LogP contribution in [-0.2, 0) is 11.3 Å². The number of likely N-dealkylation sites (tertiary alicyclic amines) is 1. The molecule has 1 fully saturated rings. The molecular weight excluding hydrogens is 346 g/mol. The van der Waals surface area contributed by atoms with Crippen molar-refractivity contribution in [2.75, 3.05) is 25.1 Å². The van der Waals surface area contributed by atoms with Crippen LogP contribution in [0.4, 0.5) is 0 Å². The van der Waals surface area contributed by atoms with Crippen molar-refractivity contribution in [1.29, 1.82) is 0 Å². The molecule has 1 amide bonds. The Morgan fingerprint density at radius 3 is 2.73 bits per heavy atom. The van der Waals surface area contributed by atoms with E-state index in [1.54, 1.807) is 11.8 Å². The Hall–Kier alpha value is -1.79. The molecule has 1 saturated heterocycles. The maximum atomic E-state index is 12.4. The monoisotopic (exact) mass is 373 g/mol. The summed E-state index contributed by atoms with van der Waals surface area (Å²) in [6.45, 7) is 2.21. The maximum Gasteiger partial charge on any atom is 0.251 e. The molecule has 2 aromatic rings. The van der Waals surface area contributed by atoms with Crippen LogP contribution >= 0.6 is 11.8 Å². The molecule has 3 rings (SSSR count). The van der Waals surface area contributed by atoms with E-state index in [2.05, 4.69) is 33.8 Å². The molecule has 140 valence electrons. The van der Waals surface area contributed by atoms with Crippen LogP contribution in [0.3, 0.4) is 0 Å². The molecule has 1 N–H and O–H groups in total. The summed E-state index contributed by atoms with van der Waals surface area (Å²) in [5.41, 5.74) is 1.26. The summed E-state index contributed by atoms with van der Waals surface area (Å²) < 4.78 is 2.21. The minimum absolute atomic E-state index is 0.120. The number of hydrogen-bond acceptors (Lipinski definition) is 4. The number of amides is 1. The highest BCUT2D eigenvalue weighted by molar-refractivity contribution is 7.98. The normalized spacial score (nSPS) is 16.6. The number of aliphatic hydroxyl groups is 1. The van der Waals surface area contributed by atoms with E-state index in [0.717, 1.165) is 31.0 Å². The van der Waals surface area contributed by atoms with Gasteiger partial charge in [-0.25, -0.2) is 4.98 Å². The highest BCUT2D eigenvalue weighted by Gasteiger charge is 2.29. The average molecular weight is 374 g/mol. The fourth-order valence-corrected chi connectivity index (χ4v) is 3.98. The minimum atomic E-state index is -0.862. The number of aliphatic hydroxyl groups excluding tert-OH is 1. The van der Waals surface area contributed by atoms with E-state index in [1.807, 2.05) is 29.6 Å². The summed E-state index contributed by atoms with van der Waals surface area (Å²) in [7, 11) is 0. The Balaban J connectivity index is 1.57. The lowest BCUT2D eigenvalue weighted by atomic mass is 9.95. The van der Waals surface area contributed by atoms with Crippen molar-refractivity contribution in [3.63, 3.8) is 0 Å². The van der Waals surface area contributed by atoms with Gasteiger partial charge in [-0.3, -0.25) is 4.79 Å². The number of thioether (sulfide) groups is 1. The van der Waals surface area contributed by atoms with E-state index in [0.29, 0.717) is 25.4 Å². The second-order valence-electron chi connectivity index (χ2n) is 6.80. The Morgan fingerprint density at radius 1 is 1.31 bits per heavy atom. The minimum Gasteiger partial charge on any atom is -0.383 e. The van der Waals surface area contributed by atoms with E-state index in [4.69, 9.17) is 0 Å². The maximum absolute atomic E-state index is 12.4. The zero-order valence-electron chi connectivity index (χ0n) is 15.3. The molecule has 0 unspecified atom stereocenters. The molecule has 5 nitrogen and oxygen atoms in total. The van der Waals surface area contributed by atoms with Crippen LogP contribution in [0.5, 0.6) is 0 Å². The van der Waals surface area contributed by atoms with Crippen molar-refractivity contribution in [1.82, 2.24) is 14.5 Å². The molecule has 0 radical (unpaired) electrons. The highest BCUT2D eigenvalue weighted by atomic mass is 32.2. The van der Waals surface area contributed by atoms with Gasteiger partial charge in [0.1, 0.15) is 11.9 Å². The second kappa shape index (κ2) is 9.24. The molecule has 0 aliphatic carbocycles. The molecule has 1 aromatic carbocycles. The Labute approximate surface area is 159 Å². The summed E-state index contributed by atoms with van der Waals surface area (Å²) in [5, 5.41) is 10.0. The summed E-state index contributed by atoms with van der Waals surface area (Å²) in [6.07, 6.45) is 7.34. The smallest absolute Gasteiger partial charge is 0.251 e. The van der Waals surface area contributed by atoms with Gasteiger partial charge in [-0.1, -0.05) is 30.3 Å². The van der Waals surface area contributed by atoms with Gasteiger partial charge >= 0.3 is 0 Å². The van der Waals surface area contributed by atoms with Crippen molar-refractivity contribution in [3.8, 4) is 0 Å². The van der Waals surface area contributed by atoms with Crippen molar-refractivity contribution in [2.45, 2.75) is 37.8 Å². The van der Waals surface area contributed by atoms with Gasteiger partial charge in [0.15, 0.2) is 0 Å². The quantitative estimate of drug-likeness (QED) is 0.811. The van der Waals surface area contributed by atoms with Gasteiger partial charge in [-0.05, 0) is 36.8 Å². The first-order valence-electron chi connectivity index (χ1n) is 9.19. The van der Waals surface area contributed by atoms with E-state index < -0.39 is 6.10 Å². The molecule has 1 atom stereocenters. The number of rotatable bonds is 7. The van der Waals surface area contributed by atoms with Crippen LogP contribution < -0.4 is 0 Å². The summed E-state index contributed by atoms with van der Waals surface area (Å²) in [6, 6.07) is 10.4. The molecule has 0 spiro atoms. The zero-order valence-corrected chi connectivity index (χ0v) is 16.1. The molecule has 26 heavy (non-hydrogen) atoms. The lowest BCUT2D eigenvalue weighted by Gasteiger charge is -2.33. The lowest BCUT2D eigenvalue weighted by Crippen LogP contribution is -2.44. The van der Waals surface area contributed by atoms with Gasteiger partial charge in [-0.15, -0.1) is 0 Å². The first-order chi connectivity index (χ1) is 12.7. The molecule has 1 aliphatic heterocycles. The third-order valence-corrected chi connectivity index (χ3v) is 5.64. The zero-order chi connectivity index (χ0) is 18.4. The molecule has 1 aromatic heterocycles. The first kappa shape index (κ1) is 19.0. The van der Waals surface area contributed by atoms with Gasteiger partial charge in [0.2, 0.25) is 0 Å². The van der Waals surface area contributed by atoms with Crippen molar-refractivity contribution < 1.29 is 9.90 Å². The van der Waals surface area contributed by atoms with Crippen molar-refractivity contribution >= 4 is 17.7 Å². The summed E-state index contributed by atoms with van der Waals surface area (Å²) >= 11 is 1.65. The third-order valence-electron chi connectivity index (χ3n) is 5.00. The number of benzene rings is 1. The standard InChI is InChI=1S/C20H27N3O2S/c1-26-14-9-18(24)20(25)22-11-7-17(8-12-22)19-21-10-13-23(19)15-16-5-3-2-4-6-16/h2-6,10,13,17-18,24H,7-9,11-12,14-15H2,1H3/t18-/m1/s1. The van der Waals surface area contributed by atoms with Crippen LogP contribution in [0, 0.1) is 0 Å². The van der Waals surface area contributed by atoms with Crippen LogP contribution in [0.2, 0.25) is 0 Å². The predicted octanol–water partition coefficient (Wildman–Crippen LogP) is 2.75. The van der Waals surface area contributed by atoms with Crippen LogP contribution in [-0.4, -0.2) is 56.7 Å². The second-order valence-corrected chi connectivity index (χ2v) is 7.78. The van der Waals surface area contributed by atoms with Gasteiger partial charge in [0.25, 0.3) is 5.91 Å². The van der Waals surface area contributed by atoms with Crippen LogP contribution in [0.15, 0.2) is 42.7 Å². The Kier molecular flexibility index (Phi) is 6.74. The fourth-order valence-electron chi connectivity index (χ4n) is 3.52. The molecular formula is C20H27N3O2S. The van der Waals surface area contributed by atoms with E-state index in [1.165, 1.54) is 5.56 Å². The summed E-state index contributed by atoms with van der Waals surface area (Å²) in [5.74, 6) is 2.15.